The molecule has 0 bridgehead atoms. The van der Waals surface area contributed by atoms with Crippen LogP contribution in [0.1, 0.15) is 13.3 Å². The van der Waals surface area contributed by atoms with Crippen LogP contribution in [0.3, 0.4) is 0 Å². The largest absolute Gasteiger partial charge is 0.374 e. The molecule has 0 heterocycles. The van der Waals surface area contributed by atoms with Gasteiger partial charge >= 0.3 is 0 Å². The lowest BCUT2D eigenvalue weighted by Crippen LogP contribution is -2.01. The van der Waals surface area contributed by atoms with Crippen molar-refractivity contribution in [3.05, 3.63) is 0 Å². The van der Waals surface area contributed by atoms with E-state index in [1.807, 2.05) is 6.92 Å². The second kappa shape index (κ2) is 1.85. The summed E-state index contributed by atoms with van der Waals surface area (Å²) in [7, 11) is 0. The summed E-state index contributed by atoms with van der Waals surface area (Å²) in [6.45, 7) is 2.37. The van der Waals surface area contributed by atoms with Crippen LogP contribution in [0.5, 0.6) is 0 Å². The highest BCUT2D eigenvalue weighted by Gasteiger charge is 2.55. The second-order valence-electron chi connectivity index (χ2n) is 1.91. The standard InChI is InChI=1S/C5H8ClFO/c1-2-8-4-3-5(4,6)7/h4H,2-3H2,1H3/t4-,5+/m1/s1. The molecule has 1 saturated carbocycles. The maximum Gasteiger partial charge on any atom is 0.212 e. The maximum absolute atomic E-state index is 12.3. The fourth-order valence-electron chi connectivity index (χ4n) is 0.570. The molecule has 0 N–H and O–H groups in total. The quantitative estimate of drug-likeness (QED) is 0.528. The van der Waals surface area contributed by atoms with Crippen molar-refractivity contribution in [3.8, 4) is 0 Å². The van der Waals surface area contributed by atoms with Gasteiger partial charge in [0.25, 0.3) is 0 Å². The van der Waals surface area contributed by atoms with E-state index in [0.29, 0.717) is 13.0 Å². The van der Waals surface area contributed by atoms with Gasteiger partial charge in [0.05, 0.1) is 0 Å². The third-order valence-electron chi connectivity index (χ3n) is 1.14. The van der Waals surface area contributed by atoms with Crippen LogP contribution in [0.4, 0.5) is 4.39 Å². The Kier molecular flexibility index (Phi) is 1.46. The Bertz CT molecular complexity index is 94.4. The molecule has 0 aromatic carbocycles. The third-order valence-corrected chi connectivity index (χ3v) is 1.53. The number of alkyl halides is 2. The molecule has 48 valence electrons. The number of hydrogen-bond donors (Lipinski definition) is 0. The average molecular weight is 139 g/mol. The Morgan fingerprint density at radius 3 is 2.62 bits per heavy atom. The van der Waals surface area contributed by atoms with E-state index in [0.717, 1.165) is 0 Å². The van der Waals surface area contributed by atoms with Crippen LogP contribution >= 0.6 is 11.6 Å². The number of hydrogen-bond acceptors (Lipinski definition) is 1. The Morgan fingerprint density at radius 1 is 2.00 bits per heavy atom. The van der Waals surface area contributed by atoms with Crippen LogP contribution in [-0.2, 0) is 4.74 Å². The lowest BCUT2D eigenvalue weighted by atomic mass is 10.8. The van der Waals surface area contributed by atoms with Gasteiger partial charge in [-0.2, -0.15) is 0 Å². The van der Waals surface area contributed by atoms with Gasteiger partial charge in [0.2, 0.25) is 5.13 Å². The minimum atomic E-state index is -1.53. The molecule has 8 heavy (non-hydrogen) atoms. The molecule has 1 rings (SSSR count). The second-order valence-corrected chi connectivity index (χ2v) is 2.54. The van der Waals surface area contributed by atoms with Crippen molar-refractivity contribution in [1.29, 1.82) is 0 Å². The molecule has 0 aliphatic heterocycles. The summed E-state index contributed by atoms with van der Waals surface area (Å²) >= 11 is 5.19. The molecule has 3 heteroatoms. The summed E-state index contributed by atoms with van der Waals surface area (Å²) < 4.78 is 17.2. The highest BCUT2D eigenvalue weighted by molar-refractivity contribution is 6.25. The zero-order valence-corrected chi connectivity index (χ0v) is 5.41. The lowest BCUT2D eigenvalue weighted by molar-refractivity contribution is 0.106. The summed E-state index contributed by atoms with van der Waals surface area (Å²) in [6.07, 6.45) is 0.0109. The summed E-state index contributed by atoms with van der Waals surface area (Å²) in [5.74, 6) is 0. The van der Waals surface area contributed by atoms with E-state index in [9.17, 15) is 4.39 Å². The van der Waals surface area contributed by atoms with Gasteiger partial charge in [0, 0.05) is 13.0 Å². The summed E-state index contributed by atoms with van der Waals surface area (Å²) in [6, 6.07) is 0. The van der Waals surface area contributed by atoms with Gasteiger partial charge < -0.3 is 4.74 Å². The molecule has 1 nitrogen and oxygen atoms in total. The van der Waals surface area contributed by atoms with Gasteiger partial charge in [-0.1, -0.05) is 11.6 Å². The van der Waals surface area contributed by atoms with Crippen LogP contribution < -0.4 is 0 Å². The van der Waals surface area contributed by atoms with Gasteiger partial charge in [-0.15, -0.1) is 0 Å². The van der Waals surface area contributed by atoms with Gasteiger partial charge in [0.1, 0.15) is 6.10 Å². The normalized spacial score (nSPS) is 44.6. The van der Waals surface area contributed by atoms with Crippen LogP contribution in [0.2, 0.25) is 0 Å². The molecule has 0 amide bonds. The Balaban J connectivity index is 2.17. The Labute approximate surface area is 52.8 Å². The van der Waals surface area contributed by atoms with Crippen molar-refractivity contribution in [2.45, 2.75) is 24.6 Å². The van der Waals surface area contributed by atoms with E-state index in [1.54, 1.807) is 0 Å². The first-order valence-electron chi connectivity index (χ1n) is 2.66. The van der Waals surface area contributed by atoms with Crippen molar-refractivity contribution < 1.29 is 9.13 Å². The lowest BCUT2D eigenvalue weighted by Gasteiger charge is -1.95. The summed E-state index contributed by atoms with van der Waals surface area (Å²) in [4.78, 5) is 0. The van der Waals surface area contributed by atoms with Crippen molar-refractivity contribution in [1.82, 2.24) is 0 Å². The molecule has 0 aromatic heterocycles. The molecular weight excluding hydrogens is 131 g/mol. The molecule has 0 aromatic rings. The molecule has 0 unspecified atom stereocenters. The average Bonchev–Trinajstić information content (AvgIpc) is 2.15. The first kappa shape index (κ1) is 6.30. The van der Waals surface area contributed by atoms with Crippen molar-refractivity contribution in [2.24, 2.45) is 0 Å². The van der Waals surface area contributed by atoms with Crippen LogP contribution in [0.25, 0.3) is 0 Å². The Morgan fingerprint density at radius 2 is 2.50 bits per heavy atom. The first-order chi connectivity index (χ1) is 3.67. The van der Waals surface area contributed by atoms with Crippen LogP contribution in [-0.4, -0.2) is 17.8 Å². The molecule has 2 atom stereocenters. The van der Waals surface area contributed by atoms with Crippen molar-refractivity contribution in [3.63, 3.8) is 0 Å². The highest BCUT2D eigenvalue weighted by atomic mass is 35.5. The Hall–Kier alpha value is 0.180. The van der Waals surface area contributed by atoms with Crippen molar-refractivity contribution in [2.75, 3.05) is 6.61 Å². The molecule has 0 spiro atoms. The fraction of sp³-hybridized carbons (Fsp3) is 1.00. The van der Waals surface area contributed by atoms with E-state index in [2.05, 4.69) is 0 Å². The zero-order valence-electron chi connectivity index (χ0n) is 4.66. The van der Waals surface area contributed by atoms with E-state index in [1.165, 1.54) is 0 Å². The minimum Gasteiger partial charge on any atom is -0.374 e. The zero-order chi connectivity index (χ0) is 6.20. The van der Waals surface area contributed by atoms with Gasteiger partial charge in [-0.25, -0.2) is 4.39 Å². The third kappa shape index (κ3) is 1.12. The SMILES string of the molecule is CCO[C@@H]1C[C@@]1(F)Cl. The van der Waals surface area contributed by atoms with Crippen LogP contribution in [0.15, 0.2) is 0 Å². The molecule has 0 radical (unpaired) electrons. The van der Waals surface area contributed by atoms with E-state index in [4.69, 9.17) is 16.3 Å². The van der Waals surface area contributed by atoms with Gasteiger partial charge in [0.15, 0.2) is 0 Å². The molecule has 1 aliphatic carbocycles. The van der Waals surface area contributed by atoms with E-state index >= 15 is 0 Å². The highest BCUT2D eigenvalue weighted by Crippen LogP contribution is 2.46. The smallest absolute Gasteiger partial charge is 0.212 e. The summed E-state index contributed by atoms with van der Waals surface area (Å²) in [5.41, 5.74) is 0. The van der Waals surface area contributed by atoms with Gasteiger partial charge in [-0.05, 0) is 6.92 Å². The first-order valence-corrected chi connectivity index (χ1v) is 3.04. The maximum atomic E-state index is 12.3. The predicted molar refractivity (Wildman–Crippen MR) is 29.7 cm³/mol. The van der Waals surface area contributed by atoms with Crippen molar-refractivity contribution >= 4 is 11.6 Å². The van der Waals surface area contributed by atoms with Crippen LogP contribution in [0, 0.1) is 0 Å². The summed E-state index contributed by atoms with van der Waals surface area (Å²) in [5, 5.41) is -1.53. The van der Waals surface area contributed by atoms with E-state index < -0.39 is 5.13 Å². The molecule has 1 fully saturated rings. The minimum absolute atomic E-state index is 0.339. The molecule has 0 saturated heterocycles. The molecule has 1 aliphatic rings. The topological polar surface area (TPSA) is 9.23 Å². The number of rotatable bonds is 2. The number of ether oxygens (including phenoxy) is 1. The van der Waals surface area contributed by atoms with E-state index in [-0.39, 0.29) is 6.10 Å². The van der Waals surface area contributed by atoms with Gasteiger partial charge in [-0.3, -0.25) is 0 Å². The predicted octanol–water partition coefficient (Wildman–Crippen LogP) is 1.70. The molecular formula is C5H8ClFO. The monoisotopic (exact) mass is 138 g/mol. The fourth-order valence-corrected chi connectivity index (χ4v) is 0.773. The number of halogens is 2.